The van der Waals surface area contributed by atoms with Gasteiger partial charge in [-0.3, -0.25) is 4.79 Å². The molecule has 3 aromatic rings. The summed E-state index contributed by atoms with van der Waals surface area (Å²) >= 11 is 0. The van der Waals surface area contributed by atoms with Crippen LogP contribution in [-0.4, -0.2) is 19.1 Å². The second-order valence-corrected chi connectivity index (χ2v) is 8.23. The molecule has 3 aliphatic rings. The normalized spacial score (nSPS) is 21.2. The highest BCUT2D eigenvalue weighted by atomic mass is 19.4. The predicted molar refractivity (Wildman–Crippen MR) is 108 cm³/mol. The molecule has 1 atom stereocenters. The van der Waals surface area contributed by atoms with E-state index in [9.17, 15) is 18.0 Å². The molecule has 32 heavy (non-hydrogen) atoms. The smallest absolute Gasteiger partial charge is 0.449 e. The quantitative estimate of drug-likeness (QED) is 0.571. The number of furan rings is 1. The molecular formula is C24H18F3NO4. The van der Waals surface area contributed by atoms with E-state index < -0.39 is 17.4 Å². The summed E-state index contributed by atoms with van der Waals surface area (Å²) in [6.45, 7) is 0.846. The van der Waals surface area contributed by atoms with Crippen LogP contribution in [0.15, 0.2) is 52.9 Å². The van der Waals surface area contributed by atoms with Crippen LogP contribution in [0, 0.1) is 0 Å². The second kappa shape index (κ2) is 6.54. The van der Waals surface area contributed by atoms with Crippen molar-refractivity contribution in [2.45, 2.75) is 31.0 Å². The summed E-state index contributed by atoms with van der Waals surface area (Å²) in [6.07, 6.45) is -3.38. The molecule has 6 rings (SSSR count). The van der Waals surface area contributed by atoms with Gasteiger partial charge in [0.1, 0.15) is 22.7 Å². The maximum absolute atomic E-state index is 14.0. The topological polar surface area (TPSA) is 51.9 Å². The van der Waals surface area contributed by atoms with Crippen molar-refractivity contribution in [1.82, 2.24) is 0 Å². The minimum absolute atomic E-state index is 0.0761. The molecule has 1 aromatic heterocycles. The van der Waals surface area contributed by atoms with Crippen molar-refractivity contribution in [2.24, 2.45) is 0 Å². The summed E-state index contributed by atoms with van der Waals surface area (Å²) < 4.78 is 55.6. The van der Waals surface area contributed by atoms with E-state index in [0.29, 0.717) is 31.1 Å². The van der Waals surface area contributed by atoms with E-state index in [0.717, 1.165) is 34.9 Å². The molecule has 0 saturated heterocycles. The summed E-state index contributed by atoms with van der Waals surface area (Å²) in [6, 6.07) is 13.4. The Labute approximate surface area is 181 Å². The van der Waals surface area contributed by atoms with Crippen molar-refractivity contribution >= 4 is 11.6 Å². The minimum Gasteiger partial charge on any atom is -0.493 e. The predicted octanol–water partition coefficient (Wildman–Crippen LogP) is 4.85. The van der Waals surface area contributed by atoms with Gasteiger partial charge in [0.15, 0.2) is 0 Å². The number of alkyl halides is 3. The van der Waals surface area contributed by atoms with Gasteiger partial charge in [0.25, 0.3) is 0 Å². The third-order valence-corrected chi connectivity index (χ3v) is 6.51. The van der Waals surface area contributed by atoms with Gasteiger partial charge in [-0.2, -0.15) is 13.2 Å². The lowest BCUT2D eigenvalue weighted by Crippen LogP contribution is -2.44. The highest BCUT2D eigenvalue weighted by Gasteiger charge is 2.55. The number of carbonyl (C=O) groups is 1. The van der Waals surface area contributed by atoms with Crippen LogP contribution in [0.4, 0.5) is 18.9 Å². The van der Waals surface area contributed by atoms with E-state index in [1.54, 1.807) is 0 Å². The van der Waals surface area contributed by atoms with Gasteiger partial charge in [-0.05, 0) is 35.4 Å². The first-order valence-electron chi connectivity index (χ1n) is 10.4. The second-order valence-electron chi connectivity index (χ2n) is 8.23. The van der Waals surface area contributed by atoms with Gasteiger partial charge in [-0.25, -0.2) is 0 Å². The zero-order valence-electron chi connectivity index (χ0n) is 16.9. The van der Waals surface area contributed by atoms with Crippen molar-refractivity contribution in [2.75, 3.05) is 18.1 Å². The molecule has 2 aromatic carbocycles. The maximum atomic E-state index is 14.0. The summed E-state index contributed by atoms with van der Waals surface area (Å²) in [4.78, 5) is 15.5. The highest BCUT2D eigenvalue weighted by molar-refractivity contribution is 6.11. The van der Waals surface area contributed by atoms with Crippen LogP contribution in [0.2, 0.25) is 0 Å². The van der Waals surface area contributed by atoms with Crippen molar-refractivity contribution in [1.29, 1.82) is 0 Å². The van der Waals surface area contributed by atoms with Crippen LogP contribution in [0.25, 0.3) is 0 Å². The molecule has 0 fully saturated rings. The van der Waals surface area contributed by atoms with Gasteiger partial charge in [-0.15, -0.1) is 0 Å². The summed E-state index contributed by atoms with van der Waals surface area (Å²) in [5, 5.41) is 0. The first kappa shape index (κ1) is 19.3. The molecule has 164 valence electrons. The van der Waals surface area contributed by atoms with E-state index in [4.69, 9.17) is 13.9 Å². The molecule has 0 radical (unpaired) electrons. The Hall–Kier alpha value is -3.42. The molecule has 5 nitrogen and oxygen atoms in total. The Morgan fingerprint density at radius 2 is 1.78 bits per heavy atom. The number of para-hydroxylation sites is 1. The van der Waals surface area contributed by atoms with Gasteiger partial charge >= 0.3 is 6.18 Å². The van der Waals surface area contributed by atoms with Crippen molar-refractivity contribution in [3.63, 3.8) is 0 Å². The lowest BCUT2D eigenvalue weighted by Gasteiger charge is -2.35. The molecule has 0 saturated carbocycles. The van der Waals surface area contributed by atoms with Crippen LogP contribution < -0.4 is 14.4 Å². The standard InChI is InChI=1S/C24H18F3NO4/c25-24(26,27)21-6-5-15(32-21)13-28-18-4-2-1-3-16(18)23(22(28)29)8-10-31-20-12-19-14(7-9-30-19)11-17(20)23/h1-6,11-12H,7-10,13H2/t23-/m1/s1. The van der Waals surface area contributed by atoms with Gasteiger partial charge in [-0.1, -0.05) is 18.2 Å². The fourth-order valence-corrected chi connectivity index (χ4v) is 5.06. The molecular weight excluding hydrogens is 423 g/mol. The lowest BCUT2D eigenvalue weighted by atomic mass is 9.71. The number of anilines is 1. The van der Waals surface area contributed by atoms with Gasteiger partial charge in [0.05, 0.1) is 19.8 Å². The zero-order chi connectivity index (χ0) is 22.1. The number of ether oxygens (including phenoxy) is 2. The van der Waals surface area contributed by atoms with E-state index in [1.807, 2.05) is 36.4 Å². The number of nitrogens with zero attached hydrogens (tertiary/aromatic N) is 1. The van der Waals surface area contributed by atoms with Gasteiger partial charge in [0.2, 0.25) is 11.7 Å². The molecule has 8 heteroatoms. The maximum Gasteiger partial charge on any atom is 0.449 e. The lowest BCUT2D eigenvalue weighted by molar-refractivity contribution is -0.153. The highest BCUT2D eigenvalue weighted by Crippen LogP contribution is 2.54. The number of amides is 1. The number of fused-ring (bicyclic) bond motifs is 5. The van der Waals surface area contributed by atoms with E-state index >= 15 is 0 Å². The van der Waals surface area contributed by atoms with Crippen LogP contribution in [-0.2, 0) is 29.4 Å². The number of carbonyl (C=O) groups excluding carboxylic acids is 1. The molecule has 0 unspecified atom stereocenters. The zero-order valence-corrected chi connectivity index (χ0v) is 16.9. The molecule has 0 bridgehead atoms. The van der Waals surface area contributed by atoms with Crippen LogP contribution >= 0.6 is 0 Å². The van der Waals surface area contributed by atoms with E-state index in [1.165, 1.54) is 11.0 Å². The minimum atomic E-state index is -4.57. The Morgan fingerprint density at radius 3 is 2.59 bits per heavy atom. The largest absolute Gasteiger partial charge is 0.493 e. The first-order valence-corrected chi connectivity index (χ1v) is 10.4. The monoisotopic (exact) mass is 441 g/mol. The number of hydrogen-bond acceptors (Lipinski definition) is 4. The van der Waals surface area contributed by atoms with Gasteiger partial charge in [0, 0.05) is 30.2 Å². The van der Waals surface area contributed by atoms with Crippen LogP contribution in [0.5, 0.6) is 11.5 Å². The number of rotatable bonds is 2. The number of benzene rings is 2. The van der Waals surface area contributed by atoms with Crippen molar-refractivity contribution in [3.05, 3.63) is 76.7 Å². The third kappa shape index (κ3) is 2.61. The van der Waals surface area contributed by atoms with E-state index in [-0.39, 0.29) is 18.2 Å². The van der Waals surface area contributed by atoms with Crippen molar-refractivity contribution < 1.29 is 31.9 Å². The third-order valence-electron chi connectivity index (χ3n) is 6.51. The van der Waals surface area contributed by atoms with Gasteiger partial charge < -0.3 is 18.8 Å². The molecule has 3 aliphatic heterocycles. The molecule has 4 heterocycles. The van der Waals surface area contributed by atoms with E-state index in [2.05, 4.69) is 0 Å². The fourth-order valence-electron chi connectivity index (χ4n) is 5.06. The SMILES string of the molecule is O=C1N(Cc2ccc(C(F)(F)F)o2)c2ccccc2[C@@]12CCOc1cc3c(cc12)CCO3. The fraction of sp³-hybridized carbons (Fsp3) is 0.292. The first-order chi connectivity index (χ1) is 15.4. The number of halogens is 3. The summed E-state index contributed by atoms with van der Waals surface area (Å²) in [7, 11) is 0. The van der Waals surface area contributed by atoms with Crippen LogP contribution in [0.3, 0.4) is 0 Å². The summed E-state index contributed by atoms with van der Waals surface area (Å²) in [5.41, 5.74) is 2.35. The average molecular weight is 441 g/mol. The Kier molecular flexibility index (Phi) is 3.94. The Morgan fingerprint density at radius 1 is 0.969 bits per heavy atom. The van der Waals surface area contributed by atoms with Crippen molar-refractivity contribution in [3.8, 4) is 11.5 Å². The summed E-state index contributed by atoms with van der Waals surface area (Å²) in [5.74, 6) is 0.194. The molecule has 1 spiro atoms. The number of hydrogen-bond donors (Lipinski definition) is 0. The Balaban J connectivity index is 1.46. The Bertz CT molecular complexity index is 1250. The molecule has 1 amide bonds. The van der Waals surface area contributed by atoms with Crippen LogP contribution in [0.1, 0.15) is 34.6 Å². The average Bonchev–Trinajstić information content (AvgIpc) is 3.48. The molecule has 0 aliphatic carbocycles. The molecule has 0 N–H and O–H groups in total.